The van der Waals surface area contributed by atoms with Crippen molar-refractivity contribution in [2.24, 2.45) is 5.92 Å². The Kier molecular flexibility index (Phi) is 76.7. The van der Waals surface area contributed by atoms with Crippen LogP contribution in [-0.2, 0) is 0 Å². The average molecular weight is 754 g/mol. The Morgan fingerprint density at radius 1 is 0.365 bits per heavy atom. The van der Waals surface area contributed by atoms with Gasteiger partial charge in [-0.25, -0.2) is 0 Å². The van der Waals surface area contributed by atoms with Crippen LogP contribution in [0.3, 0.4) is 0 Å². The molecule has 0 saturated heterocycles. The number of rotatable bonds is 11. The van der Waals surface area contributed by atoms with Gasteiger partial charge in [0.1, 0.15) is 0 Å². The molecule has 1 fully saturated rings. The molecule has 0 atom stereocenters. The molecule has 52 heavy (non-hydrogen) atoms. The average Bonchev–Trinajstić information content (AvgIpc) is 3.09. The summed E-state index contributed by atoms with van der Waals surface area (Å²) in [4.78, 5) is 2.17. The van der Waals surface area contributed by atoms with Gasteiger partial charge in [-0.05, 0) is 103 Å². The van der Waals surface area contributed by atoms with Crippen LogP contribution >= 0.6 is 0 Å². The van der Waals surface area contributed by atoms with E-state index in [0.717, 1.165) is 5.92 Å². The summed E-state index contributed by atoms with van der Waals surface area (Å²) in [6.07, 6.45) is 7.31. The highest BCUT2D eigenvalue weighted by Gasteiger charge is 2.12. The Balaban J connectivity index is -0.0000000713. The lowest BCUT2D eigenvalue weighted by Crippen LogP contribution is -2.29. The smallest absolute Gasteiger partial charge is 0.00324 e. The van der Waals surface area contributed by atoms with Crippen molar-refractivity contribution in [2.75, 3.05) is 70.0 Å². The minimum absolute atomic E-state index is 0.634. The maximum absolute atomic E-state index is 3.52. The Bertz CT molecular complexity index is 446. The van der Waals surface area contributed by atoms with E-state index in [2.05, 4.69) is 186 Å². The van der Waals surface area contributed by atoms with Gasteiger partial charge in [0.25, 0.3) is 0 Å². The molecule has 1 aliphatic carbocycles. The van der Waals surface area contributed by atoms with Gasteiger partial charge in [0.15, 0.2) is 0 Å². The number of hydrogen-bond acceptors (Lipinski definition) is 9. The van der Waals surface area contributed by atoms with Crippen LogP contribution in [0, 0.1) is 5.92 Å². The molecule has 0 bridgehead atoms. The summed E-state index contributed by atoms with van der Waals surface area (Å²) in [6, 6.07) is 5.79. The van der Waals surface area contributed by atoms with Crippen LogP contribution in [0.5, 0.6) is 0 Å². The van der Waals surface area contributed by atoms with E-state index in [0.29, 0.717) is 54.4 Å². The minimum atomic E-state index is 0.634. The highest BCUT2D eigenvalue weighted by atomic mass is 15.1. The Morgan fingerprint density at radius 3 is 0.654 bits per heavy atom. The van der Waals surface area contributed by atoms with Crippen LogP contribution in [0.2, 0.25) is 0 Å². The molecule has 1 aliphatic rings. The van der Waals surface area contributed by atoms with Crippen LogP contribution < -0.4 is 42.5 Å². The lowest BCUT2D eigenvalue weighted by atomic mass is 9.89. The molecule has 0 amide bonds. The predicted octanol–water partition coefficient (Wildman–Crippen LogP) is 7.82. The quantitative estimate of drug-likeness (QED) is 0.107. The van der Waals surface area contributed by atoms with Crippen molar-refractivity contribution in [1.82, 2.24) is 47.4 Å². The maximum Gasteiger partial charge on any atom is 0.00324 e. The molecule has 0 radical (unpaired) electrons. The number of nitrogens with zero attached hydrogens (tertiary/aromatic N) is 1. The summed E-state index contributed by atoms with van der Waals surface area (Å²) in [5, 5.41) is 24.7. The first-order valence-corrected chi connectivity index (χ1v) is 20.9. The fraction of sp³-hybridized carbons (Fsp3) is 1.00. The van der Waals surface area contributed by atoms with Gasteiger partial charge < -0.3 is 47.4 Å². The van der Waals surface area contributed by atoms with E-state index in [9.17, 15) is 0 Å². The summed E-state index contributed by atoms with van der Waals surface area (Å²) in [6.45, 7) is 39.6. The lowest BCUT2D eigenvalue weighted by Gasteiger charge is -2.22. The topological polar surface area (TPSA) is 99.5 Å². The molecular weight excluding hydrogens is 643 g/mol. The normalized spacial score (nSPS) is 12.2. The summed E-state index contributed by atoms with van der Waals surface area (Å²) in [7, 11) is 17.8. The first kappa shape index (κ1) is 69.5. The zero-order valence-corrected chi connectivity index (χ0v) is 41.5. The Hall–Kier alpha value is -0.360. The fourth-order valence-corrected chi connectivity index (χ4v) is 1.79. The SMILES string of the molecule is CC(C)N(C)C.CC(C)NCC1CCCCC1.CNC(C)C.CNC(C)C.CNC(C)C.CNC(C)C.CNC(C)C.CNC(C)C.CNC(C)C. The van der Waals surface area contributed by atoms with E-state index in [1.165, 1.54) is 38.6 Å². The van der Waals surface area contributed by atoms with Crippen LogP contribution in [-0.4, -0.2) is 129 Å². The van der Waals surface area contributed by atoms with E-state index >= 15 is 0 Å². The van der Waals surface area contributed by atoms with Gasteiger partial charge in [0.2, 0.25) is 0 Å². The van der Waals surface area contributed by atoms with E-state index in [1.54, 1.807) is 0 Å². The van der Waals surface area contributed by atoms with Gasteiger partial charge in [-0.2, -0.15) is 0 Å². The molecule has 1 saturated carbocycles. The van der Waals surface area contributed by atoms with Gasteiger partial charge in [-0.1, -0.05) is 130 Å². The third-order valence-electron chi connectivity index (χ3n) is 7.61. The molecule has 9 nitrogen and oxygen atoms in total. The molecule has 0 aromatic heterocycles. The van der Waals surface area contributed by atoms with Crippen LogP contribution in [0.25, 0.3) is 0 Å². The summed E-state index contributed by atoms with van der Waals surface area (Å²) in [5.41, 5.74) is 0. The minimum Gasteiger partial charge on any atom is -0.318 e. The molecule has 1 rings (SSSR count). The highest BCUT2D eigenvalue weighted by Crippen LogP contribution is 2.22. The second kappa shape index (κ2) is 57.4. The molecular formula is C43H111N9. The fourth-order valence-electron chi connectivity index (χ4n) is 1.79. The van der Waals surface area contributed by atoms with Gasteiger partial charge in [-0.15, -0.1) is 0 Å². The van der Waals surface area contributed by atoms with Gasteiger partial charge in [0.05, 0.1) is 0 Å². The number of hydrogen-bond donors (Lipinski definition) is 8. The van der Waals surface area contributed by atoms with Crippen molar-refractivity contribution in [3.63, 3.8) is 0 Å². The molecule has 0 aromatic rings. The number of nitrogens with one attached hydrogen (secondary N) is 8. The van der Waals surface area contributed by atoms with Crippen molar-refractivity contribution >= 4 is 0 Å². The summed E-state index contributed by atoms with van der Waals surface area (Å²) >= 11 is 0. The molecule has 0 heterocycles. The van der Waals surface area contributed by atoms with E-state index in [4.69, 9.17) is 0 Å². The van der Waals surface area contributed by atoms with Crippen molar-refractivity contribution in [2.45, 2.75) is 211 Å². The lowest BCUT2D eigenvalue weighted by molar-refractivity contribution is 0.334. The largest absolute Gasteiger partial charge is 0.318 e. The molecule has 9 heteroatoms. The Labute approximate surface area is 333 Å². The molecule has 0 spiro atoms. The third kappa shape index (κ3) is 125. The van der Waals surface area contributed by atoms with Crippen molar-refractivity contribution < 1.29 is 0 Å². The standard InChI is InChI=1S/C10H21N.C5H13N.7C4H11N/c1-9(2)11-8-10-6-4-3-5-7-10;1-5(2)6(3)4;7*1-4(2)5-3/h9-11H,3-8H2,1-2H3;5H,1-4H3;7*4-5H,1-3H3. The maximum atomic E-state index is 3.52. The zero-order valence-electron chi connectivity index (χ0n) is 41.5. The van der Waals surface area contributed by atoms with Gasteiger partial charge in [-0.3, -0.25) is 0 Å². The zero-order chi connectivity index (χ0) is 43.3. The van der Waals surface area contributed by atoms with Crippen molar-refractivity contribution in [3.8, 4) is 0 Å². The summed E-state index contributed by atoms with van der Waals surface area (Å²) < 4.78 is 0. The van der Waals surface area contributed by atoms with E-state index in [1.807, 2.05) is 49.3 Å². The highest BCUT2D eigenvalue weighted by molar-refractivity contribution is 4.68. The van der Waals surface area contributed by atoms with Gasteiger partial charge in [0, 0.05) is 54.4 Å². The predicted molar refractivity (Wildman–Crippen MR) is 248 cm³/mol. The van der Waals surface area contributed by atoms with Crippen molar-refractivity contribution in [3.05, 3.63) is 0 Å². The molecule has 328 valence electrons. The van der Waals surface area contributed by atoms with Crippen LogP contribution in [0.15, 0.2) is 0 Å². The van der Waals surface area contributed by atoms with Crippen molar-refractivity contribution in [1.29, 1.82) is 0 Å². The van der Waals surface area contributed by atoms with E-state index < -0.39 is 0 Å². The summed E-state index contributed by atoms with van der Waals surface area (Å²) in [5.74, 6) is 0.978. The monoisotopic (exact) mass is 754 g/mol. The molecule has 8 N–H and O–H groups in total. The van der Waals surface area contributed by atoms with Crippen LogP contribution in [0.4, 0.5) is 0 Å². The molecule has 0 aromatic carbocycles. The second-order valence-electron chi connectivity index (χ2n) is 16.2. The van der Waals surface area contributed by atoms with E-state index in [-0.39, 0.29) is 0 Å². The molecule has 0 unspecified atom stereocenters. The first-order valence-electron chi connectivity index (χ1n) is 20.9. The first-order chi connectivity index (χ1) is 23.8. The molecule has 0 aliphatic heterocycles. The van der Waals surface area contributed by atoms with Gasteiger partial charge >= 0.3 is 0 Å². The second-order valence-corrected chi connectivity index (χ2v) is 16.2. The third-order valence-corrected chi connectivity index (χ3v) is 7.61. The van der Waals surface area contributed by atoms with Crippen LogP contribution in [0.1, 0.15) is 157 Å². The Morgan fingerprint density at radius 2 is 0.538 bits per heavy atom.